The third-order valence-corrected chi connectivity index (χ3v) is 7.75. The minimum absolute atomic E-state index is 0.192. The van der Waals surface area contributed by atoms with Gasteiger partial charge in [0.1, 0.15) is 22.1 Å². The van der Waals surface area contributed by atoms with Gasteiger partial charge in [0.15, 0.2) is 5.76 Å². The predicted octanol–water partition coefficient (Wildman–Crippen LogP) is 1.72. The third-order valence-electron chi connectivity index (χ3n) is 4.86. The van der Waals surface area contributed by atoms with Gasteiger partial charge in [0.2, 0.25) is 16.0 Å². The van der Waals surface area contributed by atoms with Crippen molar-refractivity contribution in [3.05, 3.63) is 48.2 Å². The van der Waals surface area contributed by atoms with Crippen molar-refractivity contribution >= 4 is 27.3 Å². The standard InChI is InChI=1S/C18H18N4O5S2/c23-29(24,15-4-2-8-28-15)22-13-10-27-16-12(9-26-17(13)16)21-18-19-6-5-11(20-18)14-3-1-7-25-14/h1-8,12-13,16-17,22H,9-10H2,(H,19,20,21)/t12-,13+,16-,17+/m1/s1. The molecule has 5 rings (SSSR count). The van der Waals surface area contributed by atoms with Crippen LogP contribution in [0.2, 0.25) is 0 Å². The second-order valence-corrected chi connectivity index (χ2v) is 9.64. The number of rotatable bonds is 6. The number of ether oxygens (including phenoxy) is 2. The molecule has 29 heavy (non-hydrogen) atoms. The van der Waals surface area contributed by atoms with E-state index in [0.717, 1.165) is 0 Å². The zero-order chi connectivity index (χ0) is 19.8. The zero-order valence-corrected chi connectivity index (χ0v) is 16.7. The number of sulfonamides is 1. The summed E-state index contributed by atoms with van der Waals surface area (Å²) < 4.78 is 45.1. The van der Waals surface area contributed by atoms with E-state index in [1.165, 1.54) is 11.3 Å². The number of fused-ring (bicyclic) bond motifs is 1. The van der Waals surface area contributed by atoms with Crippen LogP contribution in [-0.2, 0) is 19.5 Å². The van der Waals surface area contributed by atoms with Crippen LogP contribution >= 0.6 is 11.3 Å². The van der Waals surface area contributed by atoms with Crippen LogP contribution in [0.4, 0.5) is 5.95 Å². The van der Waals surface area contributed by atoms with E-state index < -0.39 is 16.1 Å². The maximum Gasteiger partial charge on any atom is 0.250 e. The van der Waals surface area contributed by atoms with E-state index in [4.69, 9.17) is 13.9 Å². The first-order chi connectivity index (χ1) is 14.1. The molecule has 2 fully saturated rings. The number of thiophene rings is 1. The lowest BCUT2D eigenvalue weighted by atomic mass is 10.1. The van der Waals surface area contributed by atoms with Crippen molar-refractivity contribution < 1.29 is 22.3 Å². The number of hydrogen-bond acceptors (Lipinski definition) is 9. The van der Waals surface area contributed by atoms with Gasteiger partial charge in [-0.2, -0.15) is 0 Å². The smallest absolute Gasteiger partial charge is 0.250 e. The molecule has 2 saturated heterocycles. The Morgan fingerprint density at radius 1 is 1.07 bits per heavy atom. The lowest BCUT2D eigenvalue weighted by molar-refractivity contribution is 0.0690. The summed E-state index contributed by atoms with van der Waals surface area (Å²) in [6, 6.07) is 8.02. The largest absolute Gasteiger partial charge is 0.463 e. The summed E-state index contributed by atoms with van der Waals surface area (Å²) in [6.07, 6.45) is 2.55. The zero-order valence-electron chi connectivity index (χ0n) is 15.1. The number of anilines is 1. The first-order valence-corrected chi connectivity index (χ1v) is 11.4. The second-order valence-electron chi connectivity index (χ2n) is 6.75. The fraction of sp³-hybridized carbons (Fsp3) is 0.333. The van der Waals surface area contributed by atoms with E-state index in [1.54, 1.807) is 42.1 Å². The molecule has 3 aromatic heterocycles. The molecule has 3 aromatic rings. The summed E-state index contributed by atoms with van der Waals surface area (Å²) in [7, 11) is -3.59. The minimum atomic E-state index is -3.59. The normalized spacial score (nSPS) is 26.5. The number of hydrogen-bond donors (Lipinski definition) is 2. The van der Waals surface area contributed by atoms with E-state index >= 15 is 0 Å². The van der Waals surface area contributed by atoms with Crippen LogP contribution in [0.25, 0.3) is 11.5 Å². The van der Waals surface area contributed by atoms with Gasteiger partial charge in [-0.25, -0.2) is 23.1 Å². The summed E-state index contributed by atoms with van der Waals surface area (Å²) in [5.41, 5.74) is 0.664. The maximum absolute atomic E-state index is 12.5. The predicted molar refractivity (Wildman–Crippen MR) is 105 cm³/mol. The van der Waals surface area contributed by atoms with Crippen LogP contribution in [0.1, 0.15) is 0 Å². The highest BCUT2D eigenvalue weighted by Gasteiger charge is 2.49. The number of aromatic nitrogens is 2. The highest BCUT2D eigenvalue weighted by Crippen LogP contribution is 2.30. The quantitative estimate of drug-likeness (QED) is 0.603. The van der Waals surface area contributed by atoms with Gasteiger partial charge in [0.25, 0.3) is 0 Å². The SMILES string of the molecule is O=S(=O)(N[C@H]1CO[C@H]2[C@H]1OC[C@H]2Nc1nccc(-c2ccco2)n1)c1cccs1. The Morgan fingerprint density at radius 3 is 2.66 bits per heavy atom. The molecule has 0 bridgehead atoms. The fourth-order valence-electron chi connectivity index (χ4n) is 3.55. The van der Waals surface area contributed by atoms with E-state index in [1.807, 2.05) is 6.07 Å². The van der Waals surface area contributed by atoms with Crippen LogP contribution in [0.15, 0.2) is 56.8 Å². The van der Waals surface area contributed by atoms with Gasteiger partial charge in [0, 0.05) is 6.20 Å². The average molecular weight is 434 g/mol. The summed E-state index contributed by atoms with van der Waals surface area (Å²) in [5, 5.41) is 4.96. The van der Waals surface area contributed by atoms with Crippen molar-refractivity contribution in [1.29, 1.82) is 0 Å². The molecule has 2 N–H and O–H groups in total. The highest BCUT2D eigenvalue weighted by molar-refractivity contribution is 7.91. The molecule has 2 aliphatic rings. The molecule has 0 aromatic carbocycles. The van der Waals surface area contributed by atoms with Crippen LogP contribution in [0.5, 0.6) is 0 Å². The van der Waals surface area contributed by atoms with E-state index in [-0.39, 0.29) is 29.1 Å². The minimum Gasteiger partial charge on any atom is -0.463 e. The van der Waals surface area contributed by atoms with Gasteiger partial charge in [-0.3, -0.25) is 0 Å². The van der Waals surface area contributed by atoms with Crippen molar-refractivity contribution in [2.45, 2.75) is 28.5 Å². The molecule has 0 spiro atoms. The van der Waals surface area contributed by atoms with Crippen LogP contribution in [0.3, 0.4) is 0 Å². The number of nitrogens with one attached hydrogen (secondary N) is 2. The Morgan fingerprint density at radius 2 is 1.90 bits per heavy atom. The van der Waals surface area contributed by atoms with Crippen molar-refractivity contribution in [1.82, 2.24) is 14.7 Å². The molecule has 2 aliphatic heterocycles. The monoisotopic (exact) mass is 434 g/mol. The van der Waals surface area contributed by atoms with Crippen molar-refractivity contribution in [3.63, 3.8) is 0 Å². The molecule has 11 heteroatoms. The fourth-order valence-corrected chi connectivity index (χ4v) is 5.79. The molecule has 0 amide bonds. The highest BCUT2D eigenvalue weighted by atomic mass is 32.2. The van der Waals surface area contributed by atoms with Crippen molar-refractivity contribution in [2.24, 2.45) is 0 Å². The molecule has 0 unspecified atom stereocenters. The molecule has 152 valence electrons. The summed E-state index contributed by atoms with van der Waals surface area (Å²) >= 11 is 1.17. The Bertz CT molecular complexity index is 1070. The molecule has 5 heterocycles. The molecule has 0 radical (unpaired) electrons. The molecule has 4 atom stereocenters. The topological polar surface area (TPSA) is 116 Å². The number of nitrogens with zero attached hydrogens (tertiary/aromatic N) is 2. The maximum atomic E-state index is 12.5. The molecular weight excluding hydrogens is 416 g/mol. The summed E-state index contributed by atoms with van der Waals surface area (Å²) in [4.78, 5) is 8.72. The lowest BCUT2D eigenvalue weighted by Crippen LogP contribution is -2.44. The van der Waals surface area contributed by atoms with Gasteiger partial charge in [-0.05, 0) is 29.6 Å². The average Bonchev–Trinajstić information content (AvgIpc) is 3.50. The Labute approximate surface area is 171 Å². The Balaban J connectivity index is 1.27. The second kappa shape index (κ2) is 7.50. The lowest BCUT2D eigenvalue weighted by Gasteiger charge is -2.18. The first kappa shape index (κ1) is 18.7. The van der Waals surface area contributed by atoms with E-state index in [2.05, 4.69) is 20.0 Å². The van der Waals surface area contributed by atoms with E-state index in [0.29, 0.717) is 24.0 Å². The van der Waals surface area contributed by atoms with E-state index in [9.17, 15) is 8.42 Å². The number of furan rings is 1. The molecule has 0 aliphatic carbocycles. The summed E-state index contributed by atoms with van der Waals surface area (Å²) in [5.74, 6) is 1.08. The van der Waals surface area contributed by atoms with Gasteiger partial charge < -0.3 is 19.2 Å². The van der Waals surface area contributed by atoms with Crippen LogP contribution in [-0.4, -0.2) is 55.9 Å². The van der Waals surface area contributed by atoms with Crippen LogP contribution in [0, 0.1) is 0 Å². The first-order valence-electron chi connectivity index (χ1n) is 9.03. The van der Waals surface area contributed by atoms with Gasteiger partial charge in [0.05, 0.1) is 31.6 Å². The van der Waals surface area contributed by atoms with Crippen molar-refractivity contribution in [2.75, 3.05) is 18.5 Å². The van der Waals surface area contributed by atoms with Gasteiger partial charge in [-0.15, -0.1) is 11.3 Å². The Kier molecular flexibility index (Phi) is 4.84. The van der Waals surface area contributed by atoms with Gasteiger partial charge >= 0.3 is 0 Å². The van der Waals surface area contributed by atoms with Crippen LogP contribution < -0.4 is 10.0 Å². The molecular formula is C18H18N4O5S2. The third kappa shape index (κ3) is 3.67. The summed E-state index contributed by atoms with van der Waals surface area (Å²) in [6.45, 7) is 0.603. The molecule has 0 saturated carbocycles. The molecule has 9 nitrogen and oxygen atoms in total. The Hall–Kier alpha value is -2.31. The van der Waals surface area contributed by atoms with Gasteiger partial charge in [-0.1, -0.05) is 6.07 Å². The van der Waals surface area contributed by atoms with Crippen molar-refractivity contribution in [3.8, 4) is 11.5 Å².